The Morgan fingerprint density at radius 2 is 1.93 bits per heavy atom. The first kappa shape index (κ1) is 11.4. The highest BCUT2D eigenvalue weighted by Gasteiger charge is 2.35. The van der Waals surface area contributed by atoms with Crippen LogP contribution in [0.2, 0.25) is 0 Å². The van der Waals surface area contributed by atoms with Crippen molar-refractivity contribution < 1.29 is 22.8 Å². The van der Waals surface area contributed by atoms with Gasteiger partial charge in [-0.2, -0.15) is 13.2 Å². The van der Waals surface area contributed by atoms with Crippen molar-refractivity contribution in [1.82, 2.24) is 0 Å². The van der Waals surface area contributed by atoms with E-state index in [1.54, 1.807) is 0 Å². The molecule has 15 heavy (non-hydrogen) atoms. The Bertz CT molecular complexity index is 408. The summed E-state index contributed by atoms with van der Waals surface area (Å²) in [5.74, 6) is -0.773. The van der Waals surface area contributed by atoms with Crippen LogP contribution >= 0.6 is 0 Å². The van der Waals surface area contributed by atoms with Crippen LogP contribution < -0.4 is 0 Å². The second-order valence-electron chi connectivity index (χ2n) is 2.94. The van der Waals surface area contributed by atoms with E-state index in [0.717, 1.165) is 19.1 Å². The number of halogens is 3. The summed E-state index contributed by atoms with van der Waals surface area (Å²) in [6.45, 7) is 0.998. The number of ketones is 1. The summed E-state index contributed by atoms with van der Waals surface area (Å²) < 4.78 is 37.4. The van der Waals surface area contributed by atoms with Gasteiger partial charge in [0.1, 0.15) is 0 Å². The maximum absolute atomic E-state index is 12.5. The first-order chi connectivity index (χ1) is 6.88. The molecule has 0 bridgehead atoms. The van der Waals surface area contributed by atoms with Gasteiger partial charge < -0.3 is 0 Å². The average Bonchev–Trinajstić information content (AvgIpc) is 2.15. The highest BCUT2D eigenvalue weighted by atomic mass is 19.4. The third kappa shape index (κ3) is 2.23. The lowest BCUT2D eigenvalue weighted by Crippen LogP contribution is -2.13. The molecule has 2 nitrogen and oxygen atoms in total. The predicted molar refractivity (Wildman–Crippen MR) is 46.8 cm³/mol. The highest BCUT2D eigenvalue weighted by molar-refractivity contribution is 6.02. The molecule has 0 aromatic heterocycles. The van der Waals surface area contributed by atoms with Crippen molar-refractivity contribution in [2.24, 2.45) is 0 Å². The normalized spacial score (nSPS) is 11.2. The fraction of sp³-hybridized carbons (Fsp3) is 0.200. The number of hydrogen-bond donors (Lipinski definition) is 0. The molecule has 0 heterocycles. The number of benzene rings is 1. The number of carbonyl (C=O) groups excluding carboxylic acids is 2. The third-order valence-corrected chi connectivity index (χ3v) is 1.88. The summed E-state index contributed by atoms with van der Waals surface area (Å²) >= 11 is 0. The zero-order valence-electron chi connectivity index (χ0n) is 7.76. The van der Waals surface area contributed by atoms with Crippen LogP contribution in [0.15, 0.2) is 18.2 Å². The van der Waals surface area contributed by atoms with Crippen LogP contribution in [-0.4, -0.2) is 12.1 Å². The molecule has 0 aliphatic carbocycles. The van der Waals surface area contributed by atoms with Crippen molar-refractivity contribution in [1.29, 1.82) is 0 Å². The Labute approximate surface area is 83.7 Å². The number of alkyl halides is 3. The van der Waals surface area contributed by atoms with Gasteiger partial charge in [0.15, 0.2) is 12.1 Å². The fourth-order valence-corrected chi connectivity index (χ4v) is 1.30. The Balaban J connectivity index is 3.52. The molecule has 1 aromatic rings. The van der Waals surface area contributed by atoms with Gasteiger partial charge >= 0.3 is 6.18 Å². The topological polar surface area (TPSA) is 34.1 Å². The van der Waals surface area contributed by atoms with Gasteiger partial charge in [0, 0.05) is 11.1 Å². The van der Waals surface area contributed by atoms with Crippen LogP contribution in [0, 0.1) is 0 Å². The highest BCUT2D eigenvalue weighted by Crippen LogP contribution is 2.33. The van der Waals surface area contributed by atoms with Gasteiger partial charge in [0.05, 0.1) is 5.56 Å². The van der Waals surface area contributed by atoms with E-state index in [4.69, 9.17) is 0 Å². The van der Waals surface area contributed by atoms with Crippen LogP contribution in [0.25, 0.3) is 0 Å². The lowest BCUT2D eigenvalue weighted by atomic mass is 9.98. The van der Waals surface area contributed by atoms with Crippen molar-refractivity contribution in [3.8, 4) is 0 Å². The lowest BCUT2D eigenvalue weighted by molar-refractivity contribution is -0.137. The molecular weight excluding hydrogens is 209 g/mol. The molecule has 0 fully saturated rings. The second kappa shape index (κ2) is 3.84. The molecule has 80 valence electrons. The van der Waals surface area contributed by atoms with Crippen molar-refractivity contribution >= 4 is 12.1 Å². The van der Waals surface area contributed by atoms with Gasteiger partial charge in [-0.15, -0.1) is 0 Å². The fourth-order valence-electron chi connectivity index (χ4n) is 1.30. The van der Waals surface area contributed by atoms with E-state index >= 15 is 0 Å². The van der Waals surface area contributed by atoms with E-state index in [1.165, 1.54) is 6.07 Å². The first-order valence-corrected chi connectivity index (χ1v) is 4.04. The number of Topliss-reactive ketones (excluding diaryl/α,β-unsaturated/α-hetero) is 1. The zero-order valence-corrected chi connectivity index (χ0v) is 7.76. The summed E-state index contributed by atoms with van der Waals surface area (Å²) in [5.41, 5.74) is -1.88. The summed E-state index contributed by atoms with van der Waals surface area (Å²) in [6, 6.07) is 3.06. The summed E-state index contributed by atoms with van der Waals surface area (Å²) in [4.78, 5) is 21.5. The quantitative estimate of drug-likeness (QED) is 0.562. The molecular formula is C10H7F3O2. The Kier molecular flexibility index (Phi) is 2.93. The summed E-state index contributed by atoms with van der Waals surface area (Å²) in [5, 5.41) is 0. The number of rotatable bonds is 2. The molecule has 0 amide bonds. The third-order valence-electron chi connectivity index (χ3n) is 1.88. The number of carbonyl (C=O) groups is 2. The molecule has 1 rings (SSSR count). The van der Waals surface area contributed by atoms with Gasteiger partial charge in [-0.25, -0.2) is 0 Å². The van der Waals surface area contributed by atoms with Gasteiger partial charge in [0.25, 0.3) is 0 Å². The van der Waals surface area contributed by atoms with Crippen molar-refractivity contribution in [2.45, 2.75) is 13.1 Å². The molecule has 0 aliphatic heterocycles. The zero-order chi connectivity index (χ0) is 11.6. The van der Waals surface area contributed by atoms with Gasteiger partial charge in [0.2, 0.25) is 0 Å². The van der Waals surface area contributed by atoms with Crippen molar-refractivity contribution in [3.63, 3.8) is 0 Å². The Hall–Kier alpha value is -1.65. The maximum Gasteiger partial charge on any atom is 0.417 e. The van der Waals surface area contributed by atoms with E-state index in [2.05, 4.69) is 0 Å². The SMILES string of the molecule is CC(=O)c1c(C=O)cccc1C(F)(F)F. The van der Waals surface area contributed by atoms with Crippen LogP contribution in [0.3, 0.4) is 0 Å². The molecule has 0 saturated heterocycles. The molecule has 0 saturated carbocycles. The Morgan fingerprint density at radius 3 is 2.33 bits per heavy atom. The van der Waals surface area contributed by atoms with Gasteiger partial charge in [-0.1, -0.05) is 12.1 Å². The van der Waals surface area contributed by atoms with E-state index in [-0.39, 0.29) is 11.8 Å². The van der Waals surface area contributed by atoms with E-state index < -0.39 is 23.1 Å². The summed E-state index contributed by atoms with van der Waals surface area (Å²) in [6.07, 6.45) is -4.38. The predicted octanol–water partition coefficient (Wildman–Crippen LogP) is 2.72. The van der Waals surface area contributed by atoms with Crippen molar-refractivity contribution in [2.75, 3.05) is 0 Å². The minimum Gasteiger partial charge on any atom is -0.298 e. The lowest BCUT2D eigenvalue weighted by Gasteiger charge is -2.11. The molecule has 0 N–H and O–H groups in total. The number of aldehydes is 1. The first-order valence-electron chi connectivity index (χ1n) is 4.04. The van der Waals surface area contributed by atoms with Gasteiger partial charge in [-0.3, -0.25) is 9.59 Å². The van der Waals surface area contributed by atoms with Crippen LogP contribution in [0.4, 0.5) is 13.2 Å². The van der Waals surface area contributed by atoms with Gasteiger partial charge in [-0.05, 0) is 13.0 Å². The standard InChI is InChI=1S/C10H7F3O2/c1-6(15)9-7(5-14)3-2-4-8(9)10(11,12)13/h2-5H,1H3. The molecule has 0 unspecified atom stereocenters. The number of hydrogen-bond acceptors (Lipinski definition) is 2. The van der Waals surface area contributed by atoms with Crippen LogP contribution in [0.1, 0.15) is 33.2 Å². The van der Waals surface area contributed by atoms with Crippen LogP contribution in [0.5, 0.6) is 0 Å². The molecule has 1 aromatic carbocycles. The Morgan fingerprint density at radius 1 is 1.33 bits per heavy atom. The second-order valence-corrected chi connectivity index (χ2v) is 2.94. The molecule has 0 spiro atoms. The minimum absolute atomic E-state index is 0.239. The molecule has 0 atom stereocenters. The molecule has 5 heteroatoms. The monoisotopic (exact) mass is 216 g/mol. The molecule has 0 aliphatic rings. The van der Waals surface area contributed by atoms with Crippen LogP contribution in [-0.2, 0) is 6.18 Å². The average molecular weight is 216 g/mol. The van der Waals surface area contributed by atoms with Crippen molar-refractivity contribution in [3.05, 3.63) is 34.9 Å². The minimum atomic E-state index is -4.62. The summed E-state index contributed by atoms with van der Waals surface area (Å²) in [7, 11) is 0. The molecule has 0 radical (unpaired) electrons. The maximum atomic E-state index is 12.5. The van der Waals surface area contributed by atoms with E-state index in [0.29, 0.717) is 0 Å². The largest absolute Gasteiger partial charge is 0.417 e. The smallest absolute Gasteiger partial charge is 0.298 e. The van der Waals surface area contributed by atoms with E-state index in [1.807, 2.05) is 0 Å². The van der Waals surface area contributed by atoms with E-state index in [9.17, 15) is 22.8 Å².